The van der Waals surface area contributed by atoms with Gasteiger partial charge in [0.15, 0.2) is 5.60 Å². The molecule has 0 radical (unpaired) electrons. The van der Waals surface area contributed by atoms with Crippen molar-refractivity contribution in [2.24, 2.45) is 5.16 Å². The van der Waals surface area contributed by atoms with Crippen LogP contribution in [0, 0.1) is 0 Å². The molecule has 2 rings (SSSR count). The van der Waals surface area contributed by atoms with Crippen LogP contribution in [-0.4, -0.2) is 34.7 Å². The van der Waals surface area contributed by atoms with Crippen molar-refractivity contribution >= 4 is 17.3 Å². The molecule has 0 unspecified atom stereocenters. The van der Waals surface area contributed by atoms with Crippen molar-refractivity contribution in [1.29, 1.82) is 0 Å². The number of aliphatic hydroxyl groups is 2. The normalized spacial score (nSPS) is 17.7. The molecule has 0 aromatic heterocycles. The largest absolute Gasteiger partial charge is 0.392 e. The summed E-state index contributed by atoms with van der Waals surface area (Å²) in [6.07, 6.45) is 1.05. The second-order valence-corrected chi connectivity index (χ2v) is 4.67. The molecule has 1 aliphatic heterocycles. The fourth-order valence-corrected chi connectivity index (χ4v) is 2.01. The first kappa shape index (κ1) is 12.4. The molecule has 0 atom stereocenters. The first-order valence-electron chi connectivity index (χ1n) is 5.37. The minimum absolute atomic E-state index is 0.244. The van der Waals surface area contributed by atoms with Crippen molar-refractivity contribution in [3.63, 3.8) is 0 Å². The summed E-state index contributed by atoms with van der Waals surface area (Å²) in [5.41, 5.74) is 0.885. The van der Waals surface area contributed by atoms with E-state index in [1.807, 2.05) is 24.3 Å². The molecule has 1 aromatic rings. The third-order valence-electron chi connectivity index (χ3n) is 2.77. The zero-order chi connectivity index (χ0) is 12.3. The van der Waals surface area contributed by atoms with E-state index in [4.69, 9.17) is 26.7 Å². The monoisotopic (exact) mass is 255 g/mol. The Morgan fingerprint density at radius 3 is 2.71 bits per heavy atom. The predicted molar refractivity (Wildman–Crippen MR) is 65.2 cm³/mol. The van der Waals surface area contributed by atoms with Gasteiger partial charge in [0.05, 0.1) is 18.9 Å². The molecular weight excluding hydrogens is 242 g/mol. The van der Waals surface area contributed by atoms with Crippen LogP contribution in [0.4, 0.5) is 0 Å². The van der Waals surface area contributed by atoms with Crippen LogP contribution >= 0.6 is 11.6 Å². The molecule has 1 aromatic carbocycles. The van der Waals surface area contributed by atoms with Gasteiger partial charge < -0.3 is 15.1 Å². The minimum Gasteiger partial charge on any atom is -0.392 e. The van der Waals surface area contributed by atoms with Gasteiger partial charge in [0, 0.05) is 17.9 Å². The average molecular weight is 256 g/mol. The van der Waals surface area contributed by atoms with Crippen molar-refractivity contribution in [2.45, 2.75) is 18.4 Å². The SMILES string of the molecule is OCC1(CO)CC(Cc2cccc(Cl)c2)=NO1. The summed E-state index contributed by atoms with van der Waals surface area (Å²) in [6.45, 7) is -0.488. The Morgan fingerprint density at radius 1 is 1.35 bits per heavy atom. The van der Waals surface area contributed by atoms with Crippen molar-refractivity contribution in [3.8, 4) is 0 Å². The predicted octanol–water partition coefficient (Wildman–Crippen LogP) is 1.38. The highest BCUT2D eigenvalue weighted by Crippen LogP contribution is 2.25. The molecule has 0 aliphatic carbocycles. The smallest absolute Gasteiger partial charge is 0.188 e. The Labute approximate surface area is 104 Å². The zero-order valence-corrected chi connectivity index (χ0v) is 10.0. The molecule has 5 heteroatoms. The Kier molecular flexibility index (Phi) is 3.66. The topological polar surface area (TPSA) is 62.0 Å². The lowest BCUT2D eigenvalue weighted by Crippen LogP contribution is -2.37. The van der Waals surface area contributed by atoms with Gasteiger partial charge in [-0.2, -0.15) is 0 Å². The molecule has 92 valence electrons. The summed E-state index contributed by atoms with van der Waals surface area (Å²) in [6, 6.07) is 7.50. The third-order valence-corrected chi connectivity index (χ3v) is 3.00. The van der Waals surface area contributed by atoms with Gasteiger partial charge in [-0.25, -0.2) is 0 Å². The summed E-state index contributed by atoms with van der Waals surface area (Å²) in [4.78, 5) is 5.11. The van der Waals surface area contributed by atoms with E-state index in [9.17, 15) is 0 Å². The summed E-state index contributed by atoms with van der Waals surface area (Å²) in [7, 11) is 0. The number of rotatable bonds is 4. The van der Waals surface area contributed by atoms with Crippen LogP contribution in [0.2, 0.25) is 5.02 Å². The molecule has 4 nitrogen and oxygen atoms in total. The summed E-state index contributed by atoms with van der Waals surface area (Å²) in [5, 5.41) is 22.9. The summed E-state index contributed by atoms with van der Waals surface area (Å²) < 4.78 is 0. The van der Waals surface area contributed by atoms with E-state index < -0.39 is 5.60 Å². The Bertz CT molecular complexity index is 430. The van der Waals surface area contributed by atoms with E-state index in [2.05, 4.69) is 5.16 Å². The Hall–Kier alpha value is -1.10. The average Bonchev–Trinajstić information content (AvgIpc) is 2.73. The van der Waals surface area contributed by atoms with Crippen LogP contribution in [0.25, 0.3) is 0 Å². The molecule has 2 N–H and O–H groups in total. The van der Waals surface area contributed by atoms with Crippen LogP contribution < -0.4 is 0 Å². The van der Waals surface area contributed by atoms with Gasteiger partial charge in [-0.1, -0.05) is 28.9 Å². The number of aliphatic hydroxyl groups excluding tert-OH is 2. The molecule has 1 aliphatic rings. The molecule has 1 heterocycles. The van der Waals surface area contributed by atoms with Gasteiger partial charge >= 0.3 is 0 Å². The minimum atomic E-state index is -0.950. The zero-order valence-electron chi connectivity index (χ0n) is 9.27. The quantitative estimate of drug-likeness (QED) is 0.855. The molecule has 0 saturated carbocycles. The maximum atomic E-state index is 9.17. The second kappa shape index (κ2) is 5.04. The van der Waals surface area contributed by atoms with E-state index in [0.717, 1.165) is 11.3 Å². The number of nitrogens with zero attached hydrogens (tertiary/aromatic N) is 1. The Morgan fingerprint density at radius 2 is 2.12 bits per heavy atom. The van der Waals surface area contributed by atoms with Crippen LogP contribution in [0.3, 0.4) is 0 Å². The second-order valence-electron chi connectivity index (χ2n) is 4.23. The third kappa shape index (κ3) is 2.77. The van der Waals surface area contributed by atoms with Crippen molar-refractivity contribution in [1.82, 2.24) is 0 Å². The maximum absolute atomic E-state index is 9.17. The van der Waals surface area contributed by atoms with Crippen LogP contribution in [0.15, 0.2) is 29.4 Å². The lowest BCUT2D eigenvalue weighted by molar-refractivity contribution is -0.0878. The summed E-state index contributed by atoms with van der Waals surface area (Å²) in [5.74, 6) is 0. The molecule has 0 spiro atoms. The standard InChI is InChI=1S/C12H14ClNO3/c13-10-3-1-2-9(4-10)5-11-6-12(7-15,8-16)17-14-11/h1-4,15-16H,5-8H2. The number of hydrogen-bond donors (Lipinski definition) is 2. The van der Waals surface area contributed by atoms with E-state index in [1.165, 1.54) is 0 Å². The van der Waals surface area contributed by atoms with Gasteiger partial charge in [-0.15, -0.1) is 0 Å². The van der Waals surface area contributed by atoms with Gasteiger partial charge in [0.25, 0.3) is 0 Å². The van der Waals surface area contributed by atoms with Crippen LogP contribution in [0.5, 0.6) is 0 Å². The fourth-order valence-electron chi connectivity index (χ4n) is 1.79. The van der Waals surface area contributed by atoms with E-state index in [1.54, 1.807) is 0 Å². The van der Waals surface area contributed by atoms with Gasteiger partial charge in [0.2, 0.25) is 0 Å². The summed E-state index contributed by atoms with van der Waals surface area (Å²) >= 11 is 5.89. The highest BCUT2D eigenvalue weighted by Gasteiger charge is 2.37. The van der Waals surface area contributed by atoms with E-state index in [-0.39, 0.29) is 13.2 Å². The molecule has 0 bridgehead atoms. The molecule has 0 saturated heterocycles. The van der Waals surface area contributed by atoms with Gasteiger partial charge in [-0.05, 0) is 17.7 Å². The van der Waals surface area contributed by atoms with E-state index >= 15 is 0 Å². The van der Waals surface area contributed by atoms with Crippen molar-refractivity contribution < 1.29 is 15.1 Å². The van der Waals surface area contributed by atoms with Crippen LogP contribution in [0.1, 0.15) is 12.0 Å². The Balaban J connectivity index is 2.03. The lowest BCUT2D eigenvalue weighted by Gasteiger charge is -2.20. The van der Waals surface area contributed by atoms with Crippen molar-refractivity contribution in [2.75, 3.05) is 13.2 Å². The number of hydrogen-bond acceptors (Lipinski definition) is 4. The highest BCUT2D eigenvalue weighted by molar-refractivity contribution is 6.30. The molecule has 0 fully saturated rings. The lowest BCUT2D eigenvalue weighted by atomic mass is 9.96. The van der Waals surface area contributed by atoms with E-state index in [0.29, 0.717) is 17.9 Å². The first-order chi connectivity index (χ1) is 8.17. The first-order valence-corrected chi connectivity index (χ1v) is 5.75. The van der Waals surface area contributed by atoms with Crippen molar-refractivity contribution in [3.05, 3.63) is 34.9 Å². The molecule has 17 heavy (non-hydrogen) atoms. The highest BCUT2D eigenvalue weighted by atomic mass is 35.5. The van der Waals surface area contributed by atoms with Crippen LogP contribution in [-0.2, 0) is 11.3 Å². The fraction of sp³-hybridized carbons (Fsp3) is 0.417. The number of halogens is 1. The molecule has 0 amide bonds. The maximum Gasteiger partial charge on any atom is 0.188 e. The van der Waals surface area contributed by atoms with Gasteiger partial charge in [-0.3, -0.25) is 0 Å². The van der Waals surface area contributed by atoms with Gasteiger partial charge in [0.1, 0.15) is 0 Å². The number of benzene rings is 1. The number of oxime groups is 1. The molecular formula is C12H14ClNO3.